The summed E-state index contributed by atoms with van der Waals surface area (Å²) in [5, 5.41) is 12.8. The Bertz CT molecular complexity index is 1000. The van der Waals surface area contributed by atoms with E-state index in [1.165, 1.54) is 0 Å². The van der Waals surface area contributed by atoms with Gasteiger partial charge in [0, 0.05) is 0 Å². The normalized spacial score (nSPS) is 13.1. The van der Waals surface area contributed by atoms with Crippen molar-refractivity contribution in [1.29, 1.82) is 0 Å². The maximum atomic E-state index is 12.0. The molecule has 0 amide bonds. The Morgan fingerprint density at radius 1 is 0.882 bits per heavy atom. The molecule has 0 aromatic heterocycles. The Morgan fingerprint density at radius 2 is 1.38 bits per heavy atom. The Hall–Kier alpha value is -2.99. The van der Waals surface area contributed by atoms with Gasteiger partial charge in [-0.2, -0.15) is 0 Å². The predicted octanol–water partition coefficient (Wildman–Crippen LogP) is 4.61. The molecular weight excluding hydrogens is 440 g/mol. The Balaban J connectivity index is 1.67. The van der Waals surface area contributed by atoms with E-state index in [4.69, 9.17) is 9.16 Å². The molecule has 0 heterocycles. The van der Waals surface area contributed by atoms with Crippen LogP contribution in [-0.4, -0.2) is 32.1 Å². The lowest BCUT2D eigenvalue weighted by molar-refractivity contribution is -0.143. The first kappa shape index (κ1) is 25.6. The second-order valence-electron chi connectivity index (χ2n) is 9.32. The van der Waals surface area contributed by atoms with Gasteiger partial charge in [0.2, 0.25) is 0 Å². The number of esters is 1. The zero-order valence-corrected chi connectivity index (χ0v) is 21.2. The molecule has 4 nitrogen and oxygen atoms in total. The van der Waals surface area contributed by atoms with Crippen LogP contribution in [-0.2, 0) is 20.6 Å². The second kappa shape index (κ2) is 11.9. The van der Waals surface area contributed by atoms with Crippen molar-refractivity contribution in [1.82, 2.24) is 0 Å². The van der Waals surface area contributed by atoms with Gasteiger partial charge < -0.3 is 14.3 Å². The molecule has 3 aromatic rings. The summed E-state index contributed by atoms with van der Waals surface area (Å²) in [7, 11) is -2.71. The largest absolute Gasteiger partial charge is 0.461 e. The topological polar surface area (TPSA) is 55.8 Å². The molecule has 34 heavy (non-hydrogen) atoms. The SMILES string of the molecule is CC(C)(C)[Si](OC[C@@H](O)/C=C/CC(=O)OCc1ccccc1)(c1ccccc1)c1ccccc1. The van der Waals surface area contributed by atoms with Gasteiger partial charge in [-0.1, -0.05) is 124 Å². The minimum Gasteiger partial charge on any atom is -0.461 e. The molecule has 0 saturated heterocycles. The summed E-state index contributed by atoms with van der Waals surface area (Å²) >= 11 is 0. The fourth-order valence-electron chi connectivity index (χ4n) is 4.15. The highest BCUT2D eigenvalue weighted by Crippen LogP contribution is 2.36. The number of rotatable bonds is 10. The van der Waals surface area contributed by atoms with Crippen LogP contribution < -0.4 is 10.4 Å². The summed E-state index contributed by atoms with van der Waals surface area (Å²) in [5.41, 5.74) is 0.943. The first-order valence-corrected chi connectivity index (χ1v) is 13.5. The molecule has 5 heteroatoms. The number of ether oxygens (including phenoxy) is 1. The van der Waals surface area contributed by atoms with E-state index in [1.807, 2.05) is 66.7 Å². The van der Waals surface area contributed by atoms with E-state index >= 15 is 0 Å². The molecule has 0 radical (unpaired) electrons. The number of hydrogen-bond donors (Lipinski definition) is 1. The van der Waals surface area contributed by atoms with Crippen LogP contribution >= 0.6 is 0 Å². The monoisotopic (exact) mass is 474 g/mol. The Kier molecular flexibility index (Phi) is 8.99. The summed E-state index contributed by atoms with van der Waals surface area (Å²) in [6, 6.07) is 30.2. The Morgan fingerprint density at radius 3 is 1.88 bits per heavy atom. The smallest absolute Gasteiger partial charge is 0.309 e. The van der Waals surface area contributed by atoms with Gasteiger partial charge in [0.1, 0.15) is 6.61 Å². The maximum absolute atomic E-state index is 12.0. The van der Waals surface area contributed by atoms with Gasteiger partial charge in [0.25, 0.3) is 8.32 Å². The molecule has 3 rings (SSSR count). The lowest BCUT2D eigenvalue weighted by Crippen LogP contribution is -2.67. The fraction of sp³-hybridized carbons (Fsp3) is 0.276. The van der Waals surface area contributed by atoms with Crippen LogP contribution in [0.5, 0.6) is 0 Å². The molecule has 0 unspecified atom stereocenters. The predicted molar refractivity (Wildman–Crippen MR) is 140 cm³/mol. The molecule has 0 aliphatic carbocycles. The van der Waals surface area contributed by atoms with Crippen LogP contribution in [0.25, 0.3) is 0 Å². The number of hydrogen-bond acceptors (Lipinski definition) is 4. The van der Waals surface area contributed by atoms with Crippen LogP contribution in [0.3, 0.4) is 0 Å². The summed E-state index contributed by atoms with van der Waals surface area (Å²) < 4.78 is 12.0. The maximum Gasteiger partial charge on any atom is 0.309 e. The fourth-order valence-corrected chi connectivity index (χ4v) is 8.72. The van der Waals surface area contributed by atoms with Gasteiger partial charge in [0.05, 0.1) is 19.1 Å². The van der Waals surface area contributed by atoms with Crippen LogP contribution in [0.4, 0.5) is 0 Å². The zero-order valence-electron chi connectivity index (χ0n) is 20.2. The third-order valence-electron chi connectivity index (χ3n) is 5.77. The van der Waals surface area contributed by atoms with E-state index in [9.17, 15) is 9.90 Å². The molecule has 0 spiro atoms. The average molecular weight is 475 g/mol. The number of carbonyl (C=O) groups excluding carboxylic acids is 1. The van der Waals surface area contributed by atoms with Crippen LogP contribution in [0.15, 0.2) is 103 Å². The summed E-state index contributed by atoms with van der Waals surface area (Å²) in [6.07, 6.45) is 2.53. The standard InChI is InChI=1S/C29H34O4Si/c1-29(2,3)34(26-17-9-5-10-18-26,27-19-11-6-12-20-27)33-23-25(30)16-13-21-28(31)32-22-24-14-7-4-8-15-24/h4-20,25,30H,21-23H2,1-3H3/b16-13+/t25-/m0/s1. The van der Waals surface area contributed by atoms with E-state index < -0.39 is 14.4 Å². The second-order valence-corrected chi connectivity index (χ2v) is 13.6. The van der Waals surface area contributed by atoms with Crippen molar-refractivity contribution in [3.63, 3.8) is 0 Å². The van der Waals surface area contributed by atoms with Crippen molar-refractivity contribution in [2.24, 2.45) is 0 Å². The third-order valence-corrected chi connectivity index (χ3v) is 10.8. The molecule has 0 bridgehead atoms. The minimum atomic E-state index is -2.71. The molecule has 1 N–H and O–H groups in total. The summed E-state index contributed by atoms with van der Waals surface area (Å²) in [6.45, 7) is 6.98. The van der Waals surface area contributed by atoms with Gasteiger partial charge in [-0.25, -0.2) is 0 Å². The van der Waals surface area contributed by atoms with E-state index in [2.05, 4.69) is 45.0 Å². The van der Waals surface area contributed by atoms with Crippen molar-refractivity contribution in [2.45, 2.75) is 44.9 Å². The van der Waals surface area contributed by atoms with Crippen LogP contribution in [0.1, 0.15) is 32.8 Å². The number of benzene rings is 3. The molecule has 0 saturated carbocycles. The lowest BCUT2D eigenvalue weighted by Gasteiger charge is -2.43. The minimum absolute atomic E-state index is 0.100. The number of carbonyl (C=O) groups is 1. The van der Waals surface area contributed by atoms with E-state index in [0.717, 1.165) is 15.9 Å². The molecular formula is C29H34O4Si. The summed E-state index contributed by atoms with van der Waals surface area (Å²) in [5.74, 6) is -0.333. The molecule has 3 aromatic carbocycles. The van der Waals surface area contributed by atoms with Crippen molar-refractivity contribution >= 4 is 24.7 Å². The van der Waals surface area contributed by atoms with E-state index in [0.29, 0.717) is 0 Å². The third kappa shape index (κ3) is 6.53. The number of aliphatic hydroxyl groups is 1. The van der Waals surface area contributed by atoms with Crippen molar-refractivity contribution in [3.8, 4) is 0 Å². The van der Waals surface area contributed by atoms with Gasteiger partial charge >= 0.3 is 5.97 Å². The molecule has 0 aliphatic rings. The summed E-state index contributed by atoms with van der Waals surface area (Å²) in [4.78, 5) is 12.0. The van der Waals surface area contributed by atoms with Crippen LogP contribution in [0.2, 0.25) is 5.04 Å². The highest BCUT2D eigenvalue weighted by molar-refractivity contribution is 6.99. The number of aliphatic hydroxyl groups excluding tert-OH is 1. The van der Waals surface area contributed by atoms with E-state index in [-0.39, 0.29) is 30.6 Å². The van der Waals surface area contributed by atoms with Gasteiger partial charge in [-0.15, -0.1) is 0 Å². The lowest BCUT2D eigenvalue weighted by atomic mass is 10.2. The average Bonchev–Trinajstić information content (AvgIpc) is 2.84. The van der Waals surface area contributed by atoms with Gasteiger partial charge in [-0.05, 0) is 21.0 Å². The molecule has 0 aliphatic heterocycles. The molecule has 178 valence electrons. The van der Waals surface area contributed by atoms with Crippen LogP contribution in [0, 0.1) is 0 Å². The molecule has 1 atom stereocenters. The van der Waals surface area contributed by atoms with Gasteiger partial charge in [-0.3, -0.25) is 4.79 Å². The zero-order chi connectivity index (χ0) is 24.4. The van der Waals surface area contributed by atoms with E-state index in [1.54, 1.807) is 12.2 Å². The highest BCUT2D eigenvalue weighted by atomic mass is 28.4. The van der Waals surface area contributed by atoms with Crippen molar-refractivity contribution in [3.05, 3.63) is 109 Å². The first-order chi connectivity index (χ1) is 16.3. The molecule has 0 fully saturated rings. The Labute approximate surface area is 204 Å². The first-order valence-electron chi connectivity index (χ1n) is 11.6. The van der Waals surface area contributed by atoms with Crippen molar-refractivity contribution in [2.75, 3.05) is 6.61 Å². The van der Waals surface area contributed by atoms with Gasteiger partial charge in [0.15, 0.2) is 0 Å². The van der Waals surface area contributed by atoms with Crippen molar-refractivity contribution < 1.29 is 19.1 Å². The highest BCUT2D eigenvalue weighted by Gasteiger charge is 2.50. The quantitative estimate of drug-likeness (QED) is 0.265.